The molecule has 0 aliphatic rings. The van der Waals surface area contributed by atoms with Crippen molar-refractivity contribution in [1.82, 2.24) is 0 Å². The maximum atomic E-state index is 14.8. The fourth-order valence-corrected chi connectivity index (χ4v) is 3.65. The number of hydrogen-bond acceptors (Lipinski definition) is 2. The smallest absolute Gasteiger partial charge is 0.426 e. The molecule has 0 fully saturated rings. The highest BCUT2D eigenvalue weighted by atomic mass is 19.3. The van der Waals surface area contributed by atoms with E-state index in [1.54, 1.807) is 24.3 Å². The topological polar surface area (TPSA) is 18.5 Å². The molecule has 0 aliphatic heterocycles. The van der Waals surface area contributed by atoms with Gasteiger partial charge in [0, 0.05) is 23.3 Å². The Morgan fingerprint density at radius 3 is 1.73 bits per heavy atom. The lowest BCUT2D eigenvalue weighted by atomic mass is 10.0. The lowest BCUT2D eigenvalue weighted by Gasteiger charge is -2.19. The van der Waals surface area contributed by atoms with Gasteiger partial charge in [-0.3, -0.25) is 0 Å². The molecule has 0 radical (unpaired) electrons. The Hall–Kier alpha value is -4.45. The second-order valence-corrected chi connectivity index (χ2v) is 8.69. The Bertz CT molecular complexity index is 1510. The molecular formula is C31H21F7O2. The molecule has 0 aromatic heterocycles. The van der Waals surface area contributed by atoms with Crippen molar-refractivity contribution in [3.63, 3.8) is 0 Å². The van der Waals surface area contributed by atoms with Gasteiger partial charge in [-0.25, -0.2) is 22.0 Å². The maximum absolute atomic E-state index is 14.8. The van der Waals surface area contributed by atoms with E-state index in [-0.39, 0.29) is 0 Å². The van der Waals surface area contributed by atoms with E-state index in [2.05, 4.69) is 23.5 Å². The number of alkyl halides is 2. The zero-order chi connectivity index (χ0) is 28.9. The average molecular weight is 558 g/mol. The number of benzene rings is 4. The van der Waals surface area contributed by atoms with Crippen molar-refractivity contribution in [2.24, 2.45) is 0 Å². The summed E-state index contributed by atoms with van der Waals surface area (Å²) in [4.78, 5) is 0. The van der Waals surface area contributed by atoms with Crippen LogP contribution in [0.5, 0.6) is 11.5 Å². The molecule has 4 rings (SSSR count). The van der Waals surface area contributed by atoms with Crippen LogP contribution < -0.4 is 9.47 Å². The van der Waals surface area contributed by atoms with Crippen LogP contribution in [-0.2, 0) is 6.11 Å². The number of ether oxygens (including phenoxy) is 2. The van der Waals surface area contributed by atoms with E-state index in [1.807, 2.05) is 0 Å². The molecule has 0 atom stereocenters. The summed E-state index contributed by atoms with van der Waals surface area (Å²) in [5, 5.41) is 0. The zero-order valence-electron chi connectivity index (χ0n) is 21.0. The van der Waals surface area contributed by atoms with Crippen LogP contribution >= 0.6 is 0 Å². The highest BCUT2D eigenvalue weighted by Gasteiger charge is 2.35. The molecule has 0 saturated carbocycles. The Morgan fingerprint density at radius 1 is 0.675 bits per heavy atom. The van der Waals surface area contributed by atoms with Crippen molar-refractivity contribution in [2.45, 2.75) is 25.9 Å². The van der Waals surface area contributed by atoms with Crippen molar-refractivity contribution in [2.75, 3.05) is 6.61 Å². The molecule has 0 N–H and O–H groups in total. The molecule has 206 valence electrons. The summed E-state index contributed by atoms with van der Waals surface area (Å²) in [6.45, 7) is 2.69. The molecule has 4 aromatic rings. The first-order valence-corrected chi connectivity index (χ1v) is 12.1. The molecule has 0 saturated heterocycles. The minimum absolute atomic E-state index is 0.386. The van der Waals surface area contributed by atoms with E-state index in [0.717, 1.165) is 30.7 Å². The van der Waals surface area contributed by atoms with Gasteiger partial charge in [-0.15, -0.1) is 0 Å². The lowest BCUT2D eigenvalue weighted by molar-refractivity contribution is -0.185. The molecule has 40 heavy (non-hydrogen) atoms. The summed E-state index contributed by atoms with van der Waals surface area (Å²) in [5.74, 6) is -2.42. The quantitative estimate of drug-likeness (QED) is 0.0932. The number of halogens is 7. The van der Waals surface area contributed by atoms with Gasteiger partial charge in [-0.05, 0) is 72.6 Å². The van der Waals surface area contributed by atoms with Gasteiger partial charge in [-0.2, -0.15) is 8.78 Å². The fourth-order valence-electron chi connectivity index (χ4n) is 3.65. The fraction of sp³-hybridized carbons (Fsp3) is 0.161. The predicted molar refractivity (Wildman–Crippen MR) is 135 cm³/mol. The van der Waals surface area contributed by atoms with Gasteiger partial charge in [0.2, 0.25) is 0 Å². The molecule has 0 unspecified atom stereocenters. The lowest BCUT2D eigenvalue weighted by Crippen LogP contribution is -2.22. The summed E-state index contributed by atoms with van der Waals surface area (Å²) in [6, 6.07) is 13.6. The summed E-state index contributed by atoms with van der Waals surface area (Å²) < 4.78 is 109. The predicted octanol–water partition coefficient (Wildman–Crippen LogP) is 8.76. The highest BCUT2D eigenvalue weighted by molar-refractivity contribution is 5.66. The van der Waals surface area contributed by atoms with Gasteiger partial charge in [0.25, 0.3) is 0 Å². The van der Waals surface area contributed by atoms with E-state index < -0.39 is 57.6 Å². The first-order valence-electron chi connectivity index (χ1n) is 12.1. The molecule has 2 nitrogen and oxygen atoms in total. The van der Waals surface area contributed by atoms with Crippen molar-refractivity contribution >= 4 is 0 Å². The number of unbranched alkanes of at least 4 members (excludes halogenated alkanes) is 1. The third-order valence-electron chi connectivity index (χ3n) is 5.73. The maximum Gasteiger partial charge on any atom is 0.426 e. The van der Waals surface area contributed by atoms with Crippen LogP contribution in [0.3, 0.4) is 0 Å². The Balaban J connectivity index is 1.47. The zero-order valence-corrected chi connectivity index (χ0v) is 21.0. The normalized spacial score (nSPS) is 11.1. The van der Waals surface area contributed by atoms with Gasteiger partial charge in [0.05, 0.1) is 17.7 Å². The van der Waals surface area contributed by atoms with Crippen molar-refractivity contribution in [3.8, 4) is 34.5 Å². The average Bonchev–Trinajstić information content (AvgIpc) is 2.91. The highest BCUT2D eigenvalue weighted by Crippen LogP contribution is 2.36. The van der Waals surface area contributed by atoms with Crippen LogP contribution in [0.25, 0.3) is 11.1 Å². The van der Waals surface area contributed by atoms with Gasteiger partial charge in [0.15, 0.2) is 17.5 Å². The van der Waals surface area contributed by atoms with Crippen molar-refractivity contribution < 1.29 is 40.2 Å². The van der Waals surface area contributed by atoms with E-state index in [9.17, 15) is 30.7 Å². The molecule has 0 amide bonds. The molecular weight excluding hydrogens is 537 g/mol. The first-order chi connectivity index (χ1) is 19.1. The van der Waals surface area contributed by atoms with Gasteiger partial charge >= 0.3 is 6.11 Å². The van der Waals surface area contributed by atoms with E-state index in [4.69, 9.17) is 4.74 Å². The SMILES string of the molecule is CCCCOc1ccc(C#Cc2ccc(C(F)(F)Oc3cc(F)c(-c4cc(F)c(F)c(F)c4)c(F)c3)cc2)cc1. The van der Waals surface area contributed by atoms with Gasteiger partial charge < -0.3 is 9.47 Å². The number of rotatable bonds is 8. The van der Waals surface area contributed by atoms with Gasteiger partial charge in [0.1, 0.15) is 23.1 Å². The van der Waals surface area contributed by atoms with E-state index in [0.29, 0.717) is 42.0 Å². The summed E-state index contributed by atoms with van der Waals surface area (Å²) in [6.07, 6.45) is -2.02. The Morgan fingerprint density at radius 2 is 1.20 bits per heavy atom. The Labute approximate surface area is 226 Å². The minimum Gasteiger partial charge on any atom is -0.494 e. The summed E-state index contributed by atoms with van der Waals surface area (Å²) >= 11 is 0. The van der Waals surface area contributed by atoms with Crippen LogP contribution in [-0.4, -0.2) is 6.61 Å². The van der Waals surface area contributed by atoms with Crippen LogP contribution in [0.15, 0.2) is 72.8 Å². The molecule has 4 aromatic carbocycles. The minimum atomic E-state index is -3.99. The van der Waals surface area contributed by atoms with Crippen molar-refractivity contribution in [1.29, 1.82) is 0 Å². The van der Waals surface area contributed by atoms with Crippen LogP contribution in [0.2, 0.25) is 0 Å². The van der Waals surface area contributed by atoms with Crippen molar-refractivity contribution in [3.05, 3.63) is 119 Å². The monoisotopic (exact) mass is 558 g/mol. The summed E-state index contributed by atoms with van der Waals surface area (Å²) in [7, 11) is 0. The molecule has 0 aliphatic carbocycles. The molecule has 0 bridgehead atoms. The standard InChI is InChI=1S/C31H21F7O2/c1-2-3-14-39-23-12-8-20(9-13-23)5-4-19-6-10-22(11-7-19)31(37,38)40-24-17-25(32)29(26(33)18-24)21-15-27(34)30(36)28(35)16-21/h6-13,15-18H,2-3,14H2,1H3. The molecule has 0 heterocycles. The molecule has 9 heteroatoms. The van der Waals surface area contributed by atoms with Crippen LogP contribution in [0.4, 0.5) is 30.7 Å². The van der Waals surface area contributed by atoms with E-state index >= 15 is 0 Å². The van der Waals surface area contributed by atoms with E-state index in [1.165, 1.54) is 12.1 Å². The largest absolute Gasteiger partial charge is 0.494 e. The molecule has 0 spiro atoms. The second-order valence-electron chi connectivity index (χ2n) is 8.69. The summed E-state index contributed by atoms with van der Waals surface area (Å²) in [5.41, 5.74) is -1.07. The van der Waals surface area contributed by atoms with Crippen LogP contribution in [0, 0.1) is 40.9 Å². The number of hydrogen-bond donors (Lipinski definition) is 0. The third-order valence-corrected chi connectivity index (χ3v) is 5.73. The second kappa shape index (κ2) is 12.2. The first kappa shape index (κ1) is 28.6. The Kier molecular flexibility index (Phi) is 8.68. The van der Waals surface area contributed by atoms with Gasteiger partial charge in [-0.1, -0.05) is 25.2 Å². The third kappa shape index (κ3) is 6.75. The van der Waals surface area contributed by atoms with Crippen LogP contribution in [0.1, 0.15) is 36.5 Å².